The van der Waals surface area contributed by atoms with Crippen LogP contribution in [0.1, 0.15) is 0 Å². The zero-order valence-corrected chi connectivity index (χ0v) is 33.4. The Bertz CT molecular complexity index is 3030. The maximum atomic E-state index is 7.15. The molecule has 61 heavy (non-hydrogen) atoms. The second-order valence-electron chi connectivity index (χ2n) is 15.3. The van der Waals surface area contributed by atoms with Crippen molar-refractivity contribution in [1.82, 2.24) is 0 Å². The number of fused-ring (bicyclic) bond motifs is 2. The monoisotopic (exact) mass is 780 g/mol. The van der Waals surface area contributed by atoms with Gasteiger partial charge in [0.05, 0.1) is 0 Å². The molecule has 0 aliphatic carbocycles. The highest BCUT2D eigenvalue weighted by molar-refractivity contribution is 6.08. The highest BCUT2D eigenvalue weighted by atomic mass is 16.5. The fourth-order valence-corrected chi connectivity index (χ4v) is 8.73. The standard InChI is InChI=1S/C58H40N2O/c1-5-16-46(17-6-1)59(47-18-7-2-8-19-47)50-36-31-42(32-37-50)41-27-29-43(30-28-41)53-40-35-45-15-13-25-54-55-26-14-24-52(57(55)61-58(53)56(45)54)44-33-38-51(39-34-44)60(48-20-9-3-10-21-48)49-22-11-4-12-23-49/h1-40H. The highest BCUT2D eigenvalue weighted by Gasteiger charge is 2.26. The zero-order valence-electron chi connectivity index (χ0n) is 33.4. The van der Waals surface area contributed by atoms with Crippen LogP contribution in [0.3, 0.4) is 0 Å². The number of benzene rings is 10. The van der Waals surface area contributed by atoms with Gasteiger partial charge in [-0.2, -0.15) is 0 Å². The molecule has 0 bridgehead atoms. The van der Waals surface area contributed by atoms with Crippen LogP contribution in [-0.2, 0) is 0 Å². The average molecular weight is 781 g/mol. The summed E-state index contributed by atoms with van der Waals surface area (Å²) in [5.74, 6) is 1.77. The summed E-state index contributed by atoms with van der Waals surface area (Å²) in [4.78, 5) is 4.58. The van der Waals surface area contributed by atoms with Gasteiger partial charge in [-0.05, 0) is 112 Å². The van der Waals surface area contributed by atoms with Crippen LogP contribution >= 0.6 is 0 Å². The number of anilines is 6. The summed E-state index contributed by atoms with van der Waals surface area (Å²) in [7, 11) is 0. The Morgan fingerprint density at radius 2 is 0.590 bits per heavy atom. The molecule has 0 N–H and O–H groups in total. The number of rotatable bonds is 9. The Morgan fingerprint density at radius 3 is 1.08 bits per heavy atom. The maximum Gasteiger partial charge on any atom is 0.143 e. The van der Waals surface area contributed by atoms with Gasteiger partial charge in [0, 0.05) is 56.2 Å². The molecule has 0 fully saturated rings. The Hall–Kier alpha value is -8.14. The van der Waals surface area contributed by atoms with Crippen LogP contribution in [0.2, 0.25) is 0 Å². The molecule has 1 aliphatic heterocycles. The van der Waals surface area contributed by atoms with Crippen molar-refractivity contribution < 1.29 is 4.74 Å². The number of para-hydroxylation sites is 5. The molecule has 0 saturated heterocycles. The van der Waals surface area contributed by atoms with Crippen molar-refractivity contribution >= 4 is 44.9 Å². The summed E-state index contributed by atoms with van der Waals surface area (Å²) in [6.45, 7) is 0. The first-order chi connectivity index (χ1) is 30.3. The van der Waals surface area contributed by atoms with Gasteiger partial charge in [0.2, 0.25) is 0 Å². The van der Waals surface area contributed by atoms with Crippen LogP contribution < -0.4 is 14.5 Å². The van der Waals surface area contributed by atoms with E-state index in [0.717, 1.165) is 95.3 Å². The first-order valence-electron chi connectivity index (χ1n) is 20.8. The third-order valence-corrected chi connectivity index (χ3v) is 11.7. The molecule has 0 aromatic heterocycles. The van der Waals surface area contributed by atoms with Crippen molar-refractivity contribution in [2.75, 3.05) is 9.80 Å². The lowest BCUT2D eigenvalue weighted by molar-refractivity contribution is 0.490. The SMILES string of the molecule is c1ccc(N(c2ccccc2)c2ccc(-c3ccc(-c4ccc5cccc6c5c4Oc4c(-c5ccc(N(c7ccccc7)c7ccccc7)cc5)cccc4-6)cc3)cc2)cc1. The molecule has 10 aromatic rings. The third kappa shape index (κ3) is 6.69. The van der Waals surface area contributed by atoms with Crippen LogP contribution in [0.5, 0.6) is 11.5 Å². The quantitative estimate of drug-likeness (QED) is 0.145. The van der Waals surface area contributed by atoms with Gasteiger partial charge in [-0.25, -0.2) is 0 Å². The molecule has 0 spiro atoms. The maximum absolute atomic E-state index is 7.15. The van der Waals surface area contributed by atoms with E-state index in [1.54, 1.807) is 0 Å². The fourth-order valence-electron chi connectivity index (χ4n) is 8.73. The first-order valence-corrected chi connectivity index (χ1v) is 20.8. The van der Waals surface area contributed by atoms with E-state index in [0.29, 0.717) is 0 Å². The van der Waals surface area contributed by atoms with Crippen molar-refractivity contribution in [3.8, 4) is 56.0 Å². The number of nitrogens with zero attached hydrogens (tertiary/aromatic N) is 2. The lowest BCUT2D eigenvalue weighted by atomic mass is 9.89. The van der Waals surface area contributed by atoms with Crippen LogP contribution in [-0.4, -0.2) is 0 Å². The van der Waals surface area contributed by atoms with Crippen molar-refractivity contribution in [2.24, 2.45) is 0 Å². The van der Waals surface area contributed by atoms with E-state index in [1.165, 1.54) is 5.56 Å². The lowest BCUT2D eigenvalue weighted by Gasteiger charge is -2.27. The van der Waals surface area contributed by atoms with Gasteiger partial charge in [-0.1, -0.05) is 164 Å². The second-order valence-corrected chi connectivity index (χ2v) is 15.3. The molecule has 0 radical (unpaired) electrons. The van der Waals surface area contributed by atoms with Gasteiger partial charge in [0.25, 0.3) is 0 Å². The Kier molecular flexibility index (Phi) is 9.18. The first kappa shape index (κ1) is 36.0. The Balaban J connectivity index is 0.922. The average Bonchev–Trinajstić information content (AvgIpc) is 3.34. The molecule has 1 aliphatic rings. The largest absolute Gasteiger partial charge is 0.455 e. The predicted octanol–water partition coefficient (Wildman–Crippen LogP) is 16.6. The summed E-state index contributed by atoms with van der Waals surface area (Å²) < 4.78 is 7.15. The van der Waals surface area contributed by atoms with Crippen molar-refractivity contribution in [2.45, 2.75) is 0 Å². The summed E-state index contributed by atoms with van der Waals surface area (Å²) in [6, 6.07) is 86.1. The minimum absolute atomic E-state index is 0.877. The second kappa shape index (κ2) is 15.6. The number of hydrogen-bond acceptors (Lipinski definition) is 3. The van der Waals surface area contributed by atoms with Gasteiger partial charge in [-0.15, -0.1) is 0 Å². The van der Waals surface area contributed by atoms with Crippen molar-refractivity contribution in [3.05, 3.63) is 243 Å². The Labute approximate surface area is 356 Å². The smallest absolute Gasteiger partial charge is 0.143 e. The van der Waals surface area contributed by atoms with Gasteiger partial charge < -0.3 is 14.5 Å². The third-order valence-electron chi connectivity index (χ3n) is 11.7. The van der Waals surface area contributed by atoms with Gasteiger partial charge in [-0.3, -0.25) is 0 Å². The minimum atomic E-state index is 0.877. The molecule has 288 valence electrons. The number of ether oxygens (including phenoxy) is 1. The predicted molar refractivity (Wildman–Crippen MR) is 255 cm³/mol. The normalized spacial score (nSPS) is 11.4. The molecule has 0 unspecified atom stereocenters. The summed E-state index contributed by atoms with van der Waals surface area (Å²) in [5, 5.41) is 2.30. The van der Waals surface area contributed by atoms with E-state index in [4.69, 9.17) is 4.74 Å². The van der Waals surface area contributed by atoms with Crippen LogP contribution in [0, 0.1) is 0 Å². The van der Waals surface area contributed by atoms with Crippen molar-refractivity contribution in [1.29, 1.82) is 0 Å². The molecule has 0 amide bonds. The van der Waals surface area contributed by atoms with E-state index < -0.39 is 0 Å². The molecule has 11 rings (SSSR count). The zero-order chi connectivity index (χ0) is 40.5. The lowest BCUT2D eigenvalue weighted by Crippen LogP contribution is -2.09. The minimum Gasteiger partial charge on any atom is -0.455 e. The molecule has 1 heterocycles. The molecular weight excluding hydrogens is 741 g/mol. The van der Waals surface area contributed by atoms with Crippen LogP contribution in [0.4, 0.5) is 34.1 Å². The van der Waals surface area contributed by atoms with Gasteiger partial charge in [0.15, 0.2) is 0 Å². The topological polar surface area (TPSA) is 15.7 Å². The van der Waals surface area contributed by atoms with E-state index in [2.05, 4.69) is 252 Å². The van der Waals surface area contributed by atoms with Crippen LogP contribution in [0.25, 0.3) is 55.3 Å². The van der Waals surface area contributed by atoms with E-state index in [9.17, 15) is 0 Å². The Morgan fingerprint density at radius 1 is 0.230 bits per heavy atom. The van der Waals surface area contributed by atoms with E-state index in [-0.39, 0.29) is 0 Å². The molecule has 3 nitrogen and oxygen atoms in total. The van der Waals surface area contributed by atoms with Gasteiger partial charge >= 0.3 is 0 Å². The summed E-state index contributed by atoms with van der Waals surface area (Å²) in [5.41, 5.74) is 15.6. The number of hydrogen-bond donors (Lipinski definition) is 0. The summed E-state index contributed by atoms with van der Waals surface area (Å²) >= 11 is 0. The van der Waals surface area contributed by atoms with Crippen LogP contribution in [0.15, 0.2) is 243 Å². The molecule has 10 aromatic carbocycles. The molecule has 0 atom stereocenters. The molecule has 3 heteroatoms. The van der Waals surface area contributed by atoms with Crippen molar-refractivity contribution in [3.63, 3.8) is 0 Å². The van der Waals surface area contributed by atoms with Gasteiger partial charge in [0.1, 0.15) is 11.5 Å². The van der Waals surface area contributed by atoms with E-state index in [1.807, 2.05) is 0 Å². The highest BCUT2D eigenvalue weighted by Crippen LogP contribution is 2.53. The van der Waals surface area contributed by atoms with E-state index >= 15 is 0 Å². The molecule has 0 saturated carbocycles. The summed E-state index contributed by atoms with van der Waals surface area (Å²) in [6.07, 6.45) is 0. The molecular formula is C58H40N2O. The fraction of sp³-hybridized carbons (Fsp3) is 0.